The molecule has 2 heterocycles. The number of rotatable bonds is 3. The molecule has 0 radical (unpaired) electrons. The molecule has 2 aliphatic rings. The van der Waals surface area contributed by atoms with Crippen LogP contribution < -0.4 is 0 Å². The van der Waals surface area contributed by atoms with Gasteiger partial charge in [0.05, 0.1) is 18.2 Å². The summed E-state index contributed by atoms with van der Waals surface area (Å²) in [6.45, 7) is 9.51. The summed E-state index contributed by atoms with van der Waals surface area (Å²) in [5.41, 5.74) is 1.13. The van der Waals surface area contributed by atoms with E-state index in [1.165, 1.54) is 0 Å². The Morgan fingerprint density at radius 2 is 2.12 bits per heavy atom. The smallest absolute Gasteiger partial charge is 0.270 e. The Bertz CT molecular complexity index is 360. The number of hydrogen-bond donors (Lipinski definition) is 0. The SMILES string of the molecule is C=C1CN2CC(=C(F)F)C[C@]2(COC(C)C)C1. The fourth-order valence-corrected chi connectivity index (χ4v) is 2.79. The fourth-order valence-electron chi connectivity index (χ4n) is 2.79. The van der Waals surface area contributed by atoms with Crippen LogP contribution in [0.1, 0.15) is 26.7 Å². The highest BCUT2D eigenvalue weighted by atomic mass is 19.3. The van der Waals surface area contributed by atoms with Gasteiger partial charge in [0.15, 0.2) is 0 Å². The molecule has 1 atom stereocenters. The molecule has 4 heteroatoms. The number of nitrogens with zero attached hydrogens (tertiary/aromatic N) is 1. The zero-order valence-electron chi connectivity index (χ0n) is 10.4. The molecule has 0 aromatic carbocycles. The van der Waals surface area contributed by atoms with Crippen LogP contribution in [0, 0.1) is 0 Å². The average molecular weight is 243 g/mol. The second kappa shape index (κ2) is 4.50. The summed E-state index contributed by atoms with van der Waals surface area (Å²) in [4.78, 5) is 2.09. The van der Waals surface area contributed by atoms with E-state index in [0.29, 0.717) is 19.6 Å². The molecule has 0 aliphatic carbocycles. The van der Waals surface area contributed by atoms with Crippen molar-refractivity contribution in [1.29, 1.82) is 0 Å². The summed E-state index contributed by atoms with van der Waals surface area (Å²) in [6, 6.07) is 0. The van der Waals surface area contributed by atoms with Gasteiger partial charge in [-0.1, -0.05) is 12.2 Å². The number of hydrogen-bond acceptors (Lipinski definition) is 2. The lowest BCUT2D eigenvalue weighted by Gasteiger charge is -2.31. The van der Waals surface area contributed by atoms with Crippen LogP contribution in [0.2, 0.25) is 0 Å². The van der Waals surface area contributed by atoms with E-state index in [0.717, 1.165) is 18.5 Å². The van der Waals surface area contributed by atoms with Gasteiger partial charge in [-0.3, -0.25) is 4.90 Å². The molecule has 0 spiro atoms. The Kier molecular flexibility index (Phi) is 3.36. The van der Waals surface area contributed by atoms with Crippen molar-refractivity contribution in [3.8, 4) is 0 Å². The lowest BCUT2D eigenvalue weighted by atomic mass is 9.92. The highest BCUT2D eigenvalue weighted by Crippen LogP contribution is 2.44. The molecule has 2 aliphatic heterocycles. The predicted octanol–water partition coefficient (Wildman–Crippen LogP) is 2.97. The van der Waals surface area contributed by atoms with E-state index in [1.54, 1.807) is 0 Å². The normalized spacial score (nSPS) is 29.2. The monoisotopic (exact) mass is 243 g/mol. The molecule has 0 amide bonds. The van der Waals surface area contributed by atoms with Crippen molar-refractivity contribution in [1.82, 2.24) is 4.90 Å². The van der Waals surface area contributed by atoms with Gasteiger partial charge in [0.25, 0.3) is 6.08 Å². The van der Waals surface area contributed by atoms with Gasteiger partial charge in [-0.15, -0.1) is 0 Å². The summed E-state index contributed by atoms with van der Waals surface area (Å²) in [7, 11) is 0. The van der Waals surface area contributed by atoms with Crippen LogP contribution >= 0.6 is 0 Å². The third-order valence-corrected chi connectivity index (χ3v) is 3.54. The summed E-state index contributed by atoms with van der Waals surface area (Å²) >= 11 is 0. The van der Waals surface area contributed by atoms with E-state index in [9.17, 15) is 8.78 Å². The average Bonchev–Trinajstić information content (AvgIpc) is 2.67. The highest BCUT2D eigenvalue weighted by Gasteiger charge is 2.49. The van der Waals surface area contributed by atoms with Crippen molar-refractivity contribution < 1.29 is 13.5 Å². The van der Waals surface area contributed by atoms with Crippen molar-refractivity contribution in [2.45, 2.75) is 38.3 Å². The molecule has 17 heavy (non-hydrogen) atoms. The molecule has 0 aromatic rings. The van der Waals surface area contributed by atoms with E-state index < -0.39 is 6.08 Å². The van der Waals surface area contributed by atoms with Crippen LogP contribution in [0.15, 0.2) is 23.8 Å². The minimum absolute atomic E-state index is 0.128. The maximum absolute atomic E-state index is 12.7. The summed E-state index contributed by atoms with van der Waals surface area (Å²) in [5.74, 6) is 0. The predicted molar refractivity (Wildman–Crippen MR) is 63.0 cm³/mol. The fraction of sp³-hybridized carbons (Fsp3) is 0.692. The van der Waals surface area contributed by atoms with Crippen LogP contribution in [-0.4, -0.2) is 36.2 Å². The first-order valence-electron chi connectivity index (χ1n) is 5.99. The van der Waals surface area contributed by atoms with Crippen molar-refractivity contribution in [3.63, 3.8) is 0 Å². The van der Waals surface area contributed by atoms with E-state index in [2.05, 4.69) is 11.5 Å². The molecule has 0 unspecified atom stereocenters. The van der Waals surface area contributed by atoms with E-state index in [1.807, 2.05) is 13.8 Å². The Balaban J connectivity index is 2.16. The Labute approximate surface area is 101 Å². The van der Waals surface area contributed by atoms with Gasteiger partial charge in [0.2, 0.25) is 0 Å². The van der Waals surface area contributed by atoms with Gasteiger partial charge >= 0.3 is 0 Å². The lowest BCUT2D eigenvalue weighted by molar-refractivity contribution is 0.00343. The van der Waals surface area contributed by atoms with E-state index in [4.69, 9.17) is 4.74 Å². The third-order valence-electron chi connectivity index (χ3n) is 3.54. The van der Waals surface area contributed by atoms with E-state index >= 15 is 0 Å². The molecule has 2 nitrogen and oxygen atoms in total. The first-order chi connectivity index (χ1) is 7.93. The Morgan fingerprint density at radius 3 is 2.71 bits per heavy atom. The lowest BCUT2D eigenvalue weighted by Crippen LogP contribution is -2.43. The van der Waals surface area contributed by atoms with Crippen molar-refractivity contribution >= 4 is 0 Å². The highest BCUT2D eigenvalue weighted by molar-refractivity contribution is 5.28. The zero-order chi connectivity index (χ0) is 12.6. The largest absolute Gasteiger partial charge is 0.377 e. The molecular weight excluding hydrogens is 224 g/mol. The minimum atomic E-state index is -1.52. The molecular formula is C13H19F2NO. The molecule has 0 aromatic heterocycles. The number of halogens is 2. The first-order valence-corrected chi connectivity index (χ1v) is 5.99. The van der Waals surface area contributed by atoms with Gasteiger partial charge in [0.1, 0.15) is 0 Å². The van der Waals surface area contributed by atoms with Crippen LogP contribution in [0.4, 0.5) is 8.78 Å². The zero-order valence-corrected chi connectivity index (χ0v) is 10.4. The van der Waals surface area contributed by atoms with Crippen LogP contribution in [0.25, 0.3) is 0 Å². The van der Waals surface area contributed by atoms with Gasteiger partial charge in [0, 0.05) is 18.7 Å². The molecule has 0 bridgehead atoms. The molecule has 0 N–H and O–H groups in total. The molecule has 96 valence electrons. The standard InChI is InChI=1S/C13H19F2NO/c1-9(2)17-8-13-4-10(3)6-16(13)7-11(5-13)12(14)15/h9H,3-8H2,1-2H3/t13-/m0/s1. The van der Waals surface area contributed by atoms with Crippen LogP contribution in [-0.2, 0) is 4.74 Å². The minimum Gasteiger partial charge on any atom is -0.377 e. The second-order valence-corrected chi connectivity index (χ2v) is 5.41. The van der Waals surface area contributed by atoms with Gasteiger partial charge in [-0.05, 0) is 26.7 Å². The van der Waals surface area contributed by atoms with Crippen molar-refractivity contribution in [3.05, 3.63) is 23.8 Å². The molecule has 2 rings (SSSR count). The number of fused-ring (bicyclic) bond motifs is 1. The van der Waals surface area contributed by atoms with Crippen molar-refractivity contribution in [2.24, 2.45) is 0 Å². The third kappa shape index (κ3) is 2.43. The summed E-state index contributed by atoms with van der Waals surface area (Å²) in [6.07, 6.45) is -0.199. The Hall–Kier alpha value is -0.740. The Morgan fingerprint density at radius 1 is 1.41 bits per heavy atom. The van der Waals surface area contributed by atoms with Gasteiger partial charge in [-0.2, -0.15) is 8.78 Å². The van der Waals surface area contributed by atoms with Crippen LogP contribution in [0.5, 0.6) is 0 Å². The molecule has 0 saturated carbocycles. The second-order valence-electron chi connectivity index (χ2n) is 5.41. The number of ether oxygens (including phenoxy) is 1. The van der Waals surface area contributed by atoms with Gasteiger partial charge in [-0.25, -0.2) is 0 Å². The maximum atomic E-state index is 12.7. The maximum Gasteiger partial charge on any atom is 0.270 e. The van der Waals surface area contributed by atoms with Gasteiger partial charge < -0.3 is 4.74 Å². The topological polar surface area (TPSA) is 12.5 Å². The molecule has 2 saturated heterocycles. The summed E-state index contributed by atoms with van der Waals surface area (Å²) in [5, 5.41) is 0. The molecule has 2 fully saturated rings. The van der Waals surface area contributed by atoms with Crippen molar-refractivity contribution in [2.75, 3.05) is 19.7 Å². The quantitative estimate of drug-likeness (QED) is 0.707. The van der Waals surface area contributed by atoms with E-state index in [-0.39, 0.29) is 17.2 Å². The summed E-state index contributed by atoms with van der Waals surface area (Å²) < 4.78 is 31.1. The van der Waals surface area contributed by atoms with Crippen LogP contribution in [0.3, 0.4) is 0 Å². The first kappa shape index (κ1) is 12.7.